The number of aromatic nitrogens is 2. The summed E-state index contributed by atoms with van der Waals surface area (Å²) in [5, 5.41) is 10.1. The number of imidazole rings is 1. The molecule has 1 aliphatic carbocycles. The Morgan fingerprint density at radius 1 is 0.918 bits per heavy atom. The average molecular weight is 670 g/mol. The van der Waals surface area contributed by atoms with Gasteiger partial charge in [0.1, 0.15) is 5.82 Å². The number of carbonyl (C=O) groups is 2. The Labute approximate surface area is 292 Å². The number of hydrogen-bond donors (Lipinski definition) is 1. The number of benzene rings is 4. The fraction of sp³-hybridized carbons (Fsp3) is 0.262. The SMILES string of the molecule is Cc1cc2nc(-c3ccccc3C(=O)N3CC=C4C(C)(C)C(c5ccc(C(=O)O)cc5)=CC[C@]4(C)C3)n(CCc3ccccc3)c2cc1Cl. The molecule has 7 rings (SSSR count). The molecule has 0 saturated carbocycles. The summed E-state index contributed by atoms with van der Waals surface area (Å²) in [5.41, 5.74) is 8.71. The number of hydrogen-bond acceptors (Lipinski definition) is 3. The fourth-order valence-corrected chi connectivity index (χ4v) is 8.12. The van der Waals surface area contributed by atoms with Gasteiger partial charge in [-0.05, 0) is 72.4 Å². The van der Waals surface area contributed by atoms with Crippen LogP contribution in [-0.2, 0) is 13.0 Å². The van der Waals surface area contributed by atoms with Crippen molar-refractivity contribution in [3.63, 3.8) is 0 Å². The first-order chi connectivity index (χ1) is 23.5. The van der Waals surface area contributed by atoms with Crippen molar-refractivity contribution in [2.75, 3.05) is 13.1 Å². The zero-order valence-corrected chi connectivity index (χ0v) is 29.1. The number of carbonyl (C=O) groups excluding carboxylic acids is 1. The molecular formula is C42H40ClN3O3. The third-order valence-corrected chi connectivity index (χ3v) is 10.8. The van der Waals surface area contributed by atoms with Crippen molar-refractivity contribution in [1.82, 2.24) is 14.5 Å². The Balaban J connectivity index is 1.21. The molecule has 6 nitrogen and oxygen atoms in total. The van der Waals surface area contributed by atoms with Gasteiger partial charge >= 0.3 is 5.97 Å². The minimum absolute atomic E-state index is 0.0140. The minimum atomic E-state index is -0.929. The first-order valence-electron chi connectivity index (χ1n) is 16.8. The number of fused-ring (bicyclic) bond motifs is 2. The van der Waals surface area contributed by atoms with Crippen molar-refractivity contribution in [3.05, 3.63) is 142 Å². The summed E-state index contributed by atoms with van der Waals surface area (Å²) in [7, 11) is 0. The number of rotatable bonds is 7. The first-order valence-corrected chi connectivity index (χ1v) is 17.2. The Kier molecular flexibility index (Phi) is 8.32. The van der Waals surface area contributed by atoms with E-state index in [2.05, 4.69) is 61.8 Å². The van der Waals surface area contributed by atoms with Crippen LogP contribution in [0.4, 0.5) is 0 Å². The number of carboxylic acid groups (broad SMARTS) is 1. The van der Waals surface area contributed by atoms with E-state index in [1.165, 1.54) is 16.7 Å². The summed E-state index contributed by atoms with van der Waals surface area (Å²) >= 11 is 6.63. The van der Waals surface area contributed by atoms with Gasteiger partial charge in [-0.1, -0.05) is 111 Å². The second kappa shape index (κ2) is 12.5. The number of nitrogens with zero attached hydrogens (tertiary/aromatic N) is 3. The maximum atomic E-state index is 14.5. The maximum absolute atomic E-state index is 14.5. The summed E-state index contributed by atoms with van der Waals surface area (Å²) in [6.07, 6.45) is 6.10. The van der Waals surface area contributed by atoms with Crippen LogP contribution in [0.1, 0.15) is 64.6 Å². The highest BCUT2D eigenvalue weighted by Gasteiger charge is 2.46. The molecule has 1 amide bonds. The number of halogens is 1. The van der Waals surface area contributed by atoms with E-state index in [1.807, 2.05) is 66.4 Å². The normalized spacial score (nSPS) is 18.5. The highest BCUT2D eigenvalue weighted by molar-refractivity contribution is 6.32. The third-order valence-electron chi connectivity index (χ3n) is 10.4. The monoisotopic (exact) mass is 669 g/mol. The lowest BCUT2D eigenvalue weighted by Gasteiger charge is -2.50. The zero-order chi connectivity index (χ0) is 34.5. The zero-order valence-electron chi connectivity index (χ0n) is 28.3. The highest BCUT2D eigenvalue weighted by Crippen LogP contribution is 2.55. The van der Waals surface area contributed by atoms with Crippen LogP contribution in [-0.4, -0.2) is 44.5 Å². The van der Waals surface area contributed by atoms with Gasteiger partial charge in [-0.3, -0.25) is 4.79 Å². The van der Waals surface area contributed by atoms with Gasteiger partial charge in [0.05, 0.1) is 22.2 Å². The van der Waals surface area contributed by atoms with Crippen LogP contribution in [0, 0.1) is 17.8 Å². The molecule has 1 aromatic heterocycles. The quantitative estimate of drug-likeness (QED) is 0.175. The van der Waals surface area contributed by atoms with Crippen molar-refractivity contribution >= 4 is 40.1 Å². The van der Waals surface area contributed by atoms with E-state index in [0.717, 1.165) is 46.4 Å². The second-order valence-electron chi connectivity index (χ2n) is 14.2. The van der Waals surface area contributed by atoms with E-state index >= 15 is 0 Å². The van der Waals surface area contributed by atoms with Crippen LogP contribution < -0.4 is 0 Å². The van der Waals surface area contributed by atoms with E-state index in [1.54, 1.807) is 12.1 Å². The Bertz CT molecular complexity index is 2160. The molecule has 49 heavy (non-hydrogen) atoms. The number of amides is 1. The lowest BCUT2D eigenvalue weighted by atomic mass is 9.58. The largest absolute Gasteiger partial charge is 0.478 e. The number of aromatic carboxylic acids is 1. The minimum Gasteiger partial charge on any atom is -0.478 e. The van der Waals surface area contributed by atoms with Gasteiger partial charge in [0.2, 0.25) is 0 Å². The fourth-order valence-electron chi connectivity index (χ4n) is 7.96. The van der Waals surface area contributed by atoms with Gasteiger partial charge < -0.3 is 14.6 Å². The summed E-state index contributed by atoms with van der Waals surface area (Å²) in [4.78, 5) is 33.1. The number of carboxylic acids is 1. The maximum Gasteiger partial charge on any atom is 0.335 e. The molecule has 0 radical (unpaired) electrons. The third kappa shape index (κ3) is 5.89. The summed E-state index contributed by atoms with van der Waals surface area (Å²) in [6, 6.07) is 29.4. The smallest absolute Gasteiger partial charge is 0.335 e. The summed E-state index contributed by atoms with van der Waals surface area (Å²) < 4.78 is 2.20. The standard InChI is InChI=1S/C42H40ClN3O3/c1-27-24-35-36(25-34(27)43)46(23-19-28-10-6-5-7-11-28)38(44-35)31-12-8-9-13-32(31)39(47)45-22-20-37-41(2,3)33(18-21-42(37,4)26-45)29-14-16-30(17-15-29)40(48)49/h5-18,20,24-25H,19,21-23,26H2,1-4H3,(H,48,49)/t42-/m1/s1. The topological polar surface area (TPSA) is 75.4 Å². The molecule has 7 heteroatoms. The van der Waals surface area contributed by atoms with Gasteiger partial charge in [-0.2, -0.15) is 0 Å². The second-order valence-corrected chi connectivity index (χ2v) is 14.6. The molecule has 2 heterocycles. The van der Waals surface area contributed by atoms with Crippen LogP contribution in [0.5, 0.6) is 0 Å². The molecule has 1 atom stereocenters. The van der Waals surface area contributed by atoms with E-state index in [4.69, 9.17) is 16.6 Å². The summed E-state index contributed by atoms with van der Waals surface area (Å²) in [6.45, 7) is 10.5. The number of aryl methyl sites for hydroxylation is 3. The van der Waals surface area contributed by atoms with Crippen LogP contribution in [0.15, 0.2) is 109 Å². The molecule has 0 saturated heterocycles. The van der Waals surface area contributed by atoms with Crippen molar-refractivity contribution in [2.24, 2.45) is 10.8 Å². The number of allylic oxidation sites excluding steroid dienone is 2. The van der Waals surface area contributed by atoms with E-state index < -0.39 is 5.97 Å². The van der Waals surface area contributed by atoms with Crippen LogP contribution in [0.25, 0.3) is 28.0 Å². The van der Waals surface area contributed by atoms with Gasteiger partial charge in [0.15, 0.2) is 0 Å². The predicted octanol–water partition coefficient (Wildman–Crippen LogP) is 9.51. The van der Waals surface area contributed by atoms with E-state index in [0.29, 0.717) is 30.2 Å². The average Bonchev–Trinajstić information content (AvgIpc) is 3.43. The molecule has 0 unspecified atom stereocenters. The highest BCUT2D eigenvalue weighted by atomic mass is 35.5. The Morgan fingerprint density at radius 2 is 1.63 bits per heavy atom. The van der Waals surface area contributed by atoms with E-state index in [-0.39, 0.29) is 22.3 Å². The van der Waals surface area contributed by atoms with Gasteiger partial charge in [0, 0.05) is 41.1 Å². The van der Waals surface area contributed by atoms with Gasteiger partial charge in [0.25, 0.3) is 5.91 Å². The lowest BCUT2D eigenvalue weighted by molar-refractivity contribution is 0.0679. The molecule has 248 valence electrons. The molecular weight excluding hydrogens is 630 g/mol. The van der Waals surface area contributed by atoms with Gasteiger partial charge in [-0.15, -0.1) is 0 Å². The predicted molar refractivity (Wildman–Crippen MR) is 197 cm³/mol. The van der Waals surface area contributed by atoms with Crippen molar-refractivity contribution in [1.29, 1.82) is 0 Å². The molecule has 1 N–H and O–H groups in total. The Hall–Kier alpha value is -4.94. The van der Waals surface area contributed by atoms with E-state index in [9.17, 15) is 14.7 Å². The Morgan fingerprint density at radius 3 is 2.37 bits per heavy atom. The van der Waals surface area contributed by atoms with Crippen LogP contribution >= 0.6 is 11.6 Å². The van der Waals surface area contributed by atoms with Crippen LogP contribution in [0.2, 0.25) is 5.02 Å². The molecule has 0 spiro atoms. The molecule has 5 aromatic rings. The first kappa shape index (κ1) is 32.6. The molecule has 0 bridgehead atoms. The molecule has 4 aromatic carbocycles. The lowest BCUT2D eigenvalue weighted by Crippen LogP contribution is -2.48. The van der Waals surface area contributed by atoms with Crippen LogP contribution in [0.3, 0.4) is 0 Å². The molecule has 1 aliphatic heterocycles. The van der Waals surface area contributed by atoms with Crippen molar-refractivity contribution < 1.29 is 14.7 Å². The van der Waals surface area contributed by atoms with Gasteiger partial charge in [-0.25, -0.2) is 9.78 Å². The van der Waals surface area contributed by atoms with Crippen molar-refractivity contribution in [2.45, 2.75) is 47.1 Å². The summed E-state index contributed by atoms with van der Waals surface area (Å²) in [5.74, 6) is -0.183. The molecule has 0 fully saturated rings. The van der Waals surface area contributed by atoms with Crippen molar-refractivity contribution in [3.8, 4) is 11.4 Å². The molecule has 2 aliphatic rings.